The maximum Gasteiger partial charge on any atom is 0.412 e. The van der Waals surface area contributed by atoms with Crippen LogP contribution < -0.4 is 10.6 Å². The number of fused-ring (bicyclic) bond motifs is 2. The molecule has 2 unspecified atom stereocenters. The van der Waals surface area contributed by atoms with Crippen LogP contribution >= 0.6 is 23.2 Å². The number of hydrogen-bond acceptors (Lipinski definition) is 6. The predicted octanol–water partition coefficient (Wildman–Crippen LogP) is 7.11. The number of aromatic amines is 1. The SMILES string of the molecule is COC(=O)Nc1ccc(-c2nc(C(Cc3ccccc3)C(=O)N3CCCC4(C3)OC(=O)Nc3ccc(Cl)c(F)c34)[nH]c2Cl)cc1. The molecule has 2 aliphatic rings. The van der Waals surface area contributed by atoms with Crippen molar-refractivity contribution in [3.05, 3.63) is 99.7 Å². The van der Waals surface area contributed by atoms with E-state index >= 15 is 4.39 Å². The molecule has 1 spiro atoms. The van der Waals surface area contributed by atoms with Gasteiger partial charge in [-0.3, -0.25) is 15.4 Å². The van der Waals surface area contributed by atoms with Crippen LogP contribution in [0.15, 0.2) is 66.7 Å². The molecule has 3 N–H and O–H groups in total. The Morgan fingerprint density at radius 1 is 1.13 bits per heavy atom. The molecule has 1 aromatic heterocycles. The maximum atomic E-state index is 15.5. The van der Waals surface area contributed by atoms with E-state index in [4.69, 9.17) is 32.9 Å². The zero-order valence-corrected chi connectivity index (χ0v) is 25.5. The first-order valence-electron chi connectivity index (χ1n) is 14.2. The highest BCUT2D eigenvalue weighted by Crippen LogP contribution is 2.45. The first kappa shape index (κ1) is 30.4. The van der Waals surface area contributed by atoms with Crippen molar-refractivity contribution >= 4 is 52.7 Å². The van der Waals surface area contributed by atoms with Gasteiger partial charge in [-0.2, -0.15) is 0 Å². The van der Waals surface area contributed by atoms with Crippen molar-refractivity contribution in [1.82, 2.24) is 14.9 Å². The Kier molecular flexibility index (Phi) is 8.39. The number of likely N-dealkylation sites (tertiary alicyclic amines) is 1. The number of halogens is 3. The quantitative estimate of drug-likeness (QED) is 0.204. The number of benzene rings is 3. The average molecular weight is 653 g/mol. The minimum absolute atomic E-state index is 0.0647. The van der Waals surface area contributed by atoms with E-state index in [1.165, 1.54) is 19.2 Å². The number of carbonyl (C=O) groups is 3. The number of H-pyrrole nitrogens is 1. The Hall–Kier alpha value is -4.61. The van der Waals surface area contributed by atoms with Gasteiger partial charge in [0.15, 0.2) is 11.4 Å². The van der Waals surface area contributed by atoms with Crippen LogP contribution in [-0.4, -0.2) is 53.2 Å². The Bertz CT molecular complexity index is 1770. The van der Waals surface area contributed by atoms with Crippen molar-refractivity contribution in [2.75, 3.05) is 30.8 Å². The Morgan fingerprint density at radius 3 is 2.62 bits per heavy atom. The number of aromatic nitrogens is 2. The Labute approximate surface area is 267 Å². The Balaban J connectivity index is 1.33. The first-order chi connectivity index (χ1) is 21.7. The number of imidazole rings is 1. The van der Waals surface area contributed by atoms with Crippen molar-refractivity contribution in [3.8, 4) is 11.3 Å². The topological polar surface area (TPSA) is 126 Å². The van der Waals surface area contributed by atoms with E-state index in [9.17, 15) is 14.4 Å². The number of amides is 3. The molecule has 10 nitrogen and oxygen atoms in total. The van der Waals surface area contributed by atoms with Crippen LogP contribution in [0.1, 0.15) is 35.7 Å². The summed E-state index contributed by atoms with van der Waals surface area (Å²) in [4.78, 5) is 48.0. The van der Waals surface area contributed by atoms with E-state index in [1.807, 2.05) is 30.3 Å². The lowest BCUT2D eigenvalue weighted by atomic mass is 9.82. The summed E-state index contributed by atoms with van der Waals surface area (Å²) in [5.41, 5.74) is 1.47. The lowest BCUT2D eigenvalue weighted by Gasteiger charge is -2.45. The third kappa shape index (κ3) is 6.05. The average Bonchev–Trinajstić information content (AvgIpc) is 3.42. The van der Waals surface area contributed by atoms with Crippen molar-refractivity contribution in [1.29, 1.82) is 0 Å². The molecule has 0 bridgehead atoms. The van der Waals surface area contributed by atoms with E-state index in [-0.39, 0.29) is 33.9 Å². The van der Waals surface area contributed by atoms with Crippen molar-refractivity contribution in [3.63, 3.8) is 0 Å². The molecular weight excluding hydrogens is 624 g/mol. The molecule has 3 amide bonds. The number of rotatable bonds is 6. The largest absolute Gasteiger partial charge is 0.453 e. The number of piperidine rings is 1. The molecule has 2 aliphatic heterocycles. The van der Waals surface area contributed by atoms with E-state index in [0.29, 0.717) is 48.6 Å². The number of anilines is 2. The highest BCUT2D eigenvalue weighted by Gasteiger charge is 2.49. The minimum Gasteiger partial charge on any atom is -0.453 e. The molecule has 45 heavy (non-hydrogen) atoms. The van der Waals surface area contributed by atoms with E-state index in [2.05, 4.69) is 20.4 Å². The molecule has 3 heterocycles. The van der Waals surface area contributed by atoms with Gasteiger partial charge >= 0.3 is 12.2 Å². The summed E-state index contributed by atoms with van der Waals surface area (Å²) in [5.74, 6) is -1.43. The first-order valence-corrected chi connectivity index (χ1v) is 14.9. The second kappa shape index (κ2) is 12.4. The van der Waals surface area contributed by atoms with Crippen LogP contribution in [0.25, 0.3) is 11.3 Å². The van der Waals surface area contributed by atoms with Gasteiger partial charge in [0.2, 0.25) is 5.91 Å². The van der Waals surface area contributed by atoms with Crippen LogP contribution in [-0.2, 0) is 26.3 Å². The van der Waals surface area contributed by atoms with Crippen LogP contribution in [0.5, 0.6) is 0 Å². The fourth-order valence-corrected chi connectivity index (χ4v) is 6.34. The second-order valence-corrected chi connectivity index (χ2v) is 11.7. The Morgan fingerprint density at radius 2 is 1.89 bits per heavy atom. The summed E-state index contributed by atoms with van der Waals surface area (Å²) in [6.45, 7) is 0.301. The number of nitrogens with one attached hydrogen (secondary N) is 3. The molecule has 6 rings (SSSR count). The summed E-state index contributed by atoms with van der Waals surface area (Å²) in [6, 6.07) is 19.2. The number of methoxy groups -OCH3 is 1. The van der Waals surface area contributed by atoms with Crippen LogP contribution in [0.2, 0.25) is 10.2 Å². The van der Waals surface area contributed by atoms with Crippen LogP contribution in [0.3, 0.4) is 0 Å². The molecule has 4 aromatic rings. The van der Waals surface area contributed by atoms with E-state index in [1.54, 1.807) is 29.2 Å². The van der Waals surface area contributed by atoms with Gasteiger partial charge < -0.3 is 19.4 Å². The highest BCUT2D eigenvalue weighted by atomic mass is 35.5. The number of carbonyl (C=O) groups excluding carboxylic acids is 3. The molecule has 0 radical (unpaired) electrons. The molecule has 2 atom stereocenters. The number of hydrogen-bond donors (Lipinski definition) is 3. The van der Waals surface area contributed by atoms with Crippen molar-refractivity contribution in [2.45, 2.75) is 30.8 Å². The van der Waals surface area contributed by atoms with Gasteiger partial charge in [0.25, 0.3) is 0 Å². The number of ether oxygens (including phenoxy) is 2. The van der Waals surface area contributed by atoms with Gasteiger partial charge in [0, 0.05) is 17.8 Å². The molecule has 232 valence electrons. The lowest BCUT2D eigenvalue weighted by Crippen LogP contribution is -2.54. The van der Waals surface area contributed by atoms with Gasteiger partial charge in [-0.1, -0.05) is 65.7 Å². The molecule has 0 saturated carbocycles. The fourth-order valence-electron chi connectivity index (χ4n) is 5.94. The summed E-state index contributed by atoms with van der Waals surface area (Å²) in [5, 5.41) is 5.26. The minimum atomic E-state index is -1.41. The van der Waals surface area contributed by atoms with E-state index < -0.39 is 29.5 Å². The van der Waals surface area contributed by atoms with Gasteiger partial charge in [0.05, 0.1) is 29.9 Å². The van der Waals surface area contributed by atoms with Crippen LogP contribution in [0, 0.1) is 5.82 Å². The zero-order valence-electron chi connectivity index (χ0n) is 24.0. The number of nitrogens with zero attached hydrogens (tertiary/aromatic N) is 2. The molecule has 1 fully saturated rings. The maximum absolute atomic E-state index is 15.5. The van der Waals surface area contributed by atoms with Gasteiger partial charge in [-0.05, 0) is 49.1 Å². The smallest absolute Gasteiger partial charge is 0.412 e. The molecule has 13 heteroatoms. The van der Waals surface area contributed by atoms with Gasteiger partial charge in [0.1, 0.15) is 22.6 Å². The highest BCUT2D eigenvalue weighted by molar-refractivity contribution is 6.32. The summed E-state index contributed by atoms with van der Waals surface area (Å²) in [6.07, 6.45) is -0.256. The second-order valence-electron chi connectivity index (χ2n) is 10.9. The van der Waals surface area contributed by atoms with Crippen molar-refractivity contribution < 1.29 is 28.2 Å². The zero-order chi connectivity index (χ0) is 31.7. The summed E-state index contributed by atoms with van der Waals surface area (Å²) >= 11 is 12.8. The van der Waals surface area contributed by atoms with Crippen LogP contribution in [0.4, 0.5) is 25.4 Å². The third-order valence-electron chi connectivity index (χ3n) is 8.02. The van der Waals surface area contributed by atoms with Gasteiger partial charge in [-0.25, -0.2) is 19.0 Å². The predicted molar refractivity (Wildman–Crippen MR) is 167 cm³/mol. The molecule has 3 aromatic carbocycles. The molecule has 1 saturated heterocycles. The van der Waals surface area contributed by atoms with E-state index in [0.717, 1.165) is 5.56 Å². The summed E-state index contributed by atoms with van der Waals surface area (Å²) < 4.78 is 25.9. The monoisotopic (exact) mass is 651 g/mol. The fraction of sp³-hybridized carbons (Fsp3) is 0.250. The lowest BCUT2D eigenvalue weighted by molar-refractivity contribution is -0.141. The standard InChI is InChI=1S/C32H28Cl2FN5O5/c1-44-30(42)36-20-10-8-19(9-11-20)26-27(34)39-28(38-26)21(16-18-6-3-2-4-7-18)29(41)40-15-5-14-32(17-40)24-23(37-31(43)45-32)13-12-22(33)25(24)35/h2-4,6-13,21H,5,14-17H2,1H3,(H,36,42)(H,37,43)(H,38,39). The third-order valence-corrected chi connectivity index (χ3v) is 8.59. The normalized spacial score (nSPS) is 18.0. The van der Waals surface area contributed by atoms with Gasteiger partial charge in [-0.15, -0.1) is 0 Å². The van der Waals surface area contributed by atoms with Crippen molar-refractivity contribution in [2.24, 2.45) is 0 Å². The molecule has 0 aliphatic carbocycles. The molecular formula is C32H28Cl2FN5O5. The summed E-state index contributed by atoms with van der Waals surface area (Å²) in [7, 11) is 1.28.